The number of methoxy groups -OCH3 is 1. The van der Waals surface area contributed by atoms with Crippen LogP contribution in [0.1, 0.15) is 27.2 Å². The number of nitrogen functional groups attached to an aromatic ring is 1. The minimum absolute atomic E-state index is 0.153. The molecule has 7 nitrogen and oxygen atoms in total. The summed E-state index contributed by atoms with van der Waals surface area (Å²) in [4.78, 5) is 14.5. The molecule has 0 aliphatic heterocycles. The number of aliphatic hydroxyl groups is 3. The zero-order valence-electron chi connectivity index (χ0n) is 12.4. The minimum atomic E-state index is -0.588. The number of H-pyrrole nitrogens is 1. The number of nitrogens with one attached hydrogen (secondary N) is 1. The number of aromatic nitrogens is 1. The molecule has 0 fully saturated rings. The van der Waals surface area contributed by atoms with E-state index < -0.39 is 5.97 Å². The molecule has 124 valence electrons. The number of esters is 1. The number of ether oxygens (including phenoxy) is 1. The molecule has 1 aromatic heterocycles. The zero-order valence-corrected chi connectivity index (χ0v) is 14.0. The highest BCUT2D eigenvalue weighted by Gasteiger charge is 2.24. The second-order valence-electron chi connectivity index (χ2n) is 4.80. The van der Waals surface area contributed by atoms with Crippen LogP contribution in [0, 0.1) is 0 Å². The van der Waals surface area contributed by atoms with Crippen molar-refractivity contribution in [1.29, 1.82) is 0 Å². The number of nitrogens with two attached hydrogens (primary N) is 1. The lowest BCUT2D eigenvalue weighted by atomic mass is 9.93. The number of rotatable bonds is 5. The van der Waals surface area contributed by atoms with E-state index in [1.54, 1.807) is 12.1 Å². The number of benzene rings is 1. The third-order valence-electron chi connectivity index (χ3n) is 3.64. The van der Waals surface area contributed by atoms with Crippen molar-refractivity contribution in [2.75, 3.05) is 12.8 Å². The molecule has 8 heteroatoms. The topological polar surface area (TPSA) is 129 Å². The predicted molar refractivity (Wildman–Crippen MR) is 87.4 cm³/mol. The van der Waals surface area contributed by atoms with Gasteiger partial charge in [0.25, 0.3) is 0 Å². The highest BCUT2D eigenvalue weighted by Crippen LogP contribution is 2.40. The van der Waals surface area contributed by atoms with E-state index in [1.165, 1.54) is 7.11 Å². The Morgan fingerprint density at radius 1 is 1.22 bits per heavy atom. The fourth-order valence-corrected chi connectivity index (χ4v) is 3.19. The fraction of sp³-hybridized carbons (Fsp3) is 0.267. The van der Waals surface area contributed by atoms with Crippen LogP contribution in [0.5, 0.6) is 0 Å². The first-order chi connectivity index (χ1) is 11.0. The zero-order chi connectivity index (χ0) is 17.1. The molecule has 0 radical (unpaired) electrons. The lowest BCUT2D eigenvalue weighted by Crippen LogP contribution is -2.04. The van der Waals surface area contributed by atoms with Gasteiger partial charge in [-0.15, -0.1) is 0 Å². The Hall–Kier alpha value is -1.87. The predicted octanol–water partition coefficient (Wildman–Crippen LogP) is 1.29. The molecule has 0 bridgehead atoms. The molecule has 2 aromatic rings. The first kappa shape index (κ1) is 17.5. The number of aliphatic hydroxyl groups excluding tert-OH is 3. The normalized spacial score (nSPS) is 10.8. The molecule has 0 atom stereocenters. The summed E-state index contributed by atoms with van der Waals surface area (Å²) in [5.41, 5.74) is 8.52. The number of aromatic amines is 1. The van der Waals surface area contributed by atoms with E-state index in [1.807, 2.05) is 0 Å². The first-order valence-electron chi connectivity index (χ1n) is 6.71. The molecule has 0 saturated heterocycles. The number of anilines is 1. The number of hydrogen-bond donors (Lipinski definition) is 5. The van der Waals surface area contributed by atoms with Gasteiger partial charge in [-0.05, 0) is 38.2 Å². The van der Waals surface area contributed by atoms with Gasteiger partial charge in [0.2, 0.25) is 0 Å². The lowest BCUT2D eigenvalue weighted by molar-refractivity contribution is 0.0594. The quantitative estimate of drug-likeness (QED) is 0.494. The average molecular weight is 385 g/mol. The van der Waals surface area contributed by atoms with Gasteiger partial charge in [0.1, 0.15) is 11.5 Å². The van der Waals surface area contributed by atoms with E-state index in [2.05, 4.69) is 25.7 Å². The van der Waals surface area contributed by atoms with Crippen molar-refractivity contribution in [3.05, 3.63) is 39.0 Å². The molecule has 0 aliphatic carbocycles. The molecule has 0 amide bonds. The van der Waals surface area contributed by atoms with Crippen LogP contribution in [0.25, 0.3) is 11.1 Å². The van der Waals surface area contributed by atoms with E-state index in [0.29, 0.717) is 32.3 Å². The molecular formula is C15H17BrN2O5. The van der Waals surface area contributed by atoms with Gasteiger partial charge in [-0.1, -0.05) is 12.1 Å². The van der Waals surface area contributed by atoms with E-state index in [9.17, 15) is 20.1 Å². The molecule has 0 aliphatic rings. The summed E-state index contributed by atoms with van der Waals surface area (Å²) in [6.45, 7) is -0.963. The van der Waals surface area contributed by atoms with Gasteiger partial charge in [-0.25, -0.2) is 4.79 Å². The first-order valence-corrected chi connectivity index (χ1v) is 7.51. The molecule has 23 heavy (non-hydrogen) atoms. The fourth-order valence-electron chi connectivity index (χ4n) is 2.50. The maximum absolute atomic E-state index is 11.7. The monoisotopic (exact) mass is 384 g/mol. The van der Waals surface area contributed by atoms with Crippen LogP contribution in [0.15, 0.2) is 16.6 Å². The van der Waals surface area contributed by atoms with Gasteiger partial charge in [-0.2, -0.15) is 0 Å². The molecule has 0 spiro atoms. The van der Waals surface area contributed by atoms with Crippen molar-refractivity contribution in [2.24, 2.45) is 0 Å². The van der Waals surface area contributed by atoms with Crippen molar-refractivity contribution in [3.63, 3.8) is 0 Å². The summed E-state index contributed by atoms with van der Waals surface area (Å²) in [5.74, 6) is -0.373. The Morgan fingerprint density at radius 3 is 2.39 bits per heavy atom. The highest BCUT2D eigenvalue weighted by atomic mass is 79.9. The van der Waals surface area contributed by atoms with Crippen LogP contribution in [-0.2, 0) is 24.6 Å². The third-order valence-corrected chi connectivity index (χ3v) is 4.43. The molecular weight excluding hydrogens is 368 g/mol. The molecule has 1 aromatic carbocycles. The SMILES string of the molecule is COC(=O)c1[nH]c(N)c(-c2ccc(CO)c(CO)c2CO)c1Br. The largest absolute Gasteiger partial charge is 0.464 e. The molecule has 0 unspecified atom stereocenters. The van der Waals surface area contributed by atoms with E-state index in [4.69, 9.17) is 5.73 Å². The molecule has 1 heterocycles. The average Bonchev–Trinajstić information content (AvgIpc) is 2.86. The van der Waals surface area contributed by atoms with E-state index in [-0.39, 0.29) is 31.3 Å². The number of carbonyl (C=O) groups is 1. The van der Waals surface area contributed by atoms with Crippen LogP contribution in [-0.4, -0.2) is 33.4 Å². The Morgan fingerprint density at radius 2 is 1.87 bits per heavy atom. The van der Waals surface area contributed by atoms with Gasteiger partial charge in [0.15, 0.2) is 0 Å². The lowest BCUT2D eigenvalue weighted by Gasteiger charge is -2.15. The maximum atomic E-state index is 11.7. The number of hydrogen-bond acceptors (Lipinski definition) is 6. The van der Waals surface area contributed by atoms with Crippen LogP contribution in [0.4, 0.5) is 5.82 Å². The van der Waals surface area contributed by atoms with Crippen molar-refractivity contribution >= 4 is 27.7 Å². The van der Waals surface area contributed by atoms with Crippen LogP contribution < -0.4 is 5.73 Å². The summed E-state index contributed by atoms with van der Waals surface area (Å²) in [7, 11) is 1.25. The smallest absolute Gasteiger partial charge is 0.355 e. The maximum Gasteiger partial charge on any atom is 0.355 e. The third kappa shape index (κ3) is 2.98. The van der Waals surface area contributed by atoms with Crippen LogP contribution in [0.3, 0.4) is 0 Å². The summed E-state index contributed by atoms with van der Waals surface area (Å²) in [6.07, 6.45) is 0. The summed E-state index contributed by atoms with van der Waals surface area (Å²) < 4.78 is 5.08. The van der Waals surface area contributed by atoms with E-state index in [0.717, 1.165) is 0 Å². The second-order valence-corrected chi connectivity index (χ2v) is 5.59. The molecule has 0 saturated carbocycles. The summed E-state index contributed by atoms with van der Waals surface area (Å²) in [5, 5.41) is 28.6. The molecule has 6 N–H and O–H groups in total. The number of carbonyl (C=O) groups excluding carboxylic acids is 1. The summed E-state index contributed by atoms with van der Waals surface area (Å²) >= 11 is 3.32. The van der Waals surface area contributed by atoms with Gasteiger partial charge in [0.05, 0.1) is 31.4 Å². The van der Waals surface area contributed by atoms with Gasteiger partial charge >= 0.3 is 5.97 Å². The highest BCUT2D eigenvalue weighted by molar-refractivity contribution is 9.10. The standard InChI is InChI=1S/C15H17BrN2O5/c1-23-15(22)13-12(16)11(14(17)18-13)8-3-2-7(4-19)9(5-20)10(8)6-21/h2-3,18-21H,4-6,17H2,1H3. The number of halogens is 1. The van der Waals surface area contributed by atoms with Crippen molar-refractivity contribution < 1.29 is 24.9 Å². The molecule has 2 rings (SSSR count). The van der Waals surface area contributed by atoms with Gasteiger partial charge in [0, 0.05) is 5.56 Å². The van der Waals surface area contributed by atoms with Crippen molar-refractivity contribution in [2.45, 2.75) is 19.8 Å². The Kier molecular flexibility index (Phi) is 5.42. The summed E-state index contributed by atoms with van der Waals surface area (Å²) in [6, 6.07) is 3.30. The van der Waals surface area contributed by atoms with Crippen molar-refractivity contribution in [3.8, 4) is 11.1 Å². The second kappa shape index (κ2) is 7.14. The Labute approximate surface area is 140 Å². The minimum Gasteiger partial charge on any atom is -0.464 e. The van der Waals surface area contributed by atoms with Crippen LogP contribution >= 0.6 is 15.9 Å². The van der Waals surface area contributed by atoms with E-state index >= 15 is 0 Å². The van der Waals surface area contributed by atoms with Gasteiger partial charge < -0.3 is 30.8 Å². The van der Waals surface area contributed by atoms with Gasteiger partial charge in [-0.3, -0.25) is 0 Å². The Bertz CT molecular complexity index is 742. The van der Waals surface area contributed by atoms with Crippen molar-refractivity contribution in [1.82, 2.24) is 4.98 Å². The Balaban J connectivity index is 2.73. The van der Waals surface area contributed by atoms with Crippen LogP contribution in [0.2, 0.25) is 0 Å².